The molecule has 2 aromatic rings. The molecule has 0 saturated carbocycles. The minimum atomic E-state index is 0.411. The first-order valence-corrected chi connectivity index (χ1v) is 8.14. The average molecular weight is 331 g/mol. The molecule has 0 N–H and O–H groups in total. The lowest BCUT2D eigenvalue weighted by Gasteiger charge is -2.12. The monoisotopic (exact) mass is 330 g/mol. The standard InChI is InChI=1S/C15H16Cl2O2S/c1-2-7-18-12-4-3-11(9-16)14(8-12)19-10-13-5-6-15(17)20-13/h3-6,8H,2,7,9-10H2,1H3. The molecule has 1 aromatic heterocycles. The third-order valence-electron chi connectivity index (χ3n) is 2.65. The van der Waals surface area contributed by atoms with Gasteiger partial charge in [-0.3, -0.25) is 0 Å². The first-order chi connectivity index (χ1) is 9.72. The summed E-state index contributed by atoms with van der Waals surface area (Å²) < 4.78 is 12.2. The lowest BCUT2D eigenvalue weighted by molar-refractivity contribution is 0.295. The summed E-state index contributed by atoms with van der Waals surface area (Å²) in [5.74, 6) is 1.98. The highest BCUT2D eigenvalue weighted by Gasteiger charge is 2.07. The largest absolute Gasteiger partial charge is 0.493 e. The molecule has 0 aliphatic carbocycles. The Labute approximate surface area is 133 Å². The second-order valence-corrected chi connectivity index (χ2v) is 6.31. The van der Waals surface area contributed by atoms with Crippen LogP contribution in [0.15, 0.2) is 30.3 Å². The van der Waals surface area contributed by atoms with Gasteiger partial charge in [-0.05, 0) is 24.6 Å². The number of benzene rings is 1. The Bertz CT molecular complexity index is 555. The second kappa shape index (κ2) is 7.77. The molecular formula is C15H16Cl2O2S. The Morgan fingerprint density at radius 3 is 2.65 bits per heavy atom. The first-order valence-electron chi connectivity index (χ1n) is 6.41. The van der Waals surface area contributed by atoms with E-state index in [1.165, 1.54) is 11.3 Å². The highest BCUT2D eigenvalue weighted by Crippen LogP contribution is 2.29. The topological polar surface area (TPSA) is 18.5 Å². The number of ether oxygens (including phenoxy) is 2. The van der Waals surface area contributed by atoms with Crippen molar-refractivity contribution in [3.63, 3.8) is 0 Å². The van der Waals surface area contributed by atoms with Crippen LogP contribution in [-0.2, 0) is 12.5 Å². The van der Waals surface area contributed by atoms with E-state index in [1.54, 1.807) is 0 Å². The lowest BCUT2D eigenvalue weighted by Crippen LogP contribution is -1.99. The molecule has 108 valence electrons. The molecule has 0 aliphatic rings. The van der Waals surface area contributed by atoms with Crippen LogP contribution >= 0.6 is 34.5 Å². The van der Waals surface area contributed by atoms with Crippen molar-refractivity contribution in [1.82, 2.24) is 0 Å². The van der Waals surface area contributed by atoms with Crippen molar-refractivity contribution in [2.75, 3.05) is 6.61 Å². The van der Waals surface area contributed by atoms with E-state index >= 15 is 0 Å². The van der Waals surface area contributed by atoms with Crippen LogP contribution in [0.25, 0.3) is 0 Å². The van der Waals surface area contributed by atoms with Crippen molar-refractivity contribution < 1.29 is 9.47 Å². The smallest absolute Gasteiger partial charge is 0.127 e. The number of hydrogen-bond donors (Lipinski definition) is 0. The summed E-state index contributed by atoms with van der Waals surface area (Å²) in [6, 6.07) is 9.58. The van der Waals surface area contributed by atoms with Crippen molar-refractivity contribution in [1.29, 1.82) is 0 Å². The van der Waals surface area contributed by atoms with Crippen LogP contribution in [0.5, 0.6) is 11.5 Å². The van der Waals surface area contributed by atoms with Gasteiger partial charge < -0.3 is 9.47 Å². The summed E-state index contributed by atoms with van der Waals surface area (Å²) in [6.07, 6.45) is 0.973. The van der Waals surface area contributed by atoms with Crippen LogP contribution < -0.4 is 9.47 Å². The number of halogens is 2. The number of alkyl halides is 1. The molecule has 0 amide bonds. The zero-order valence-corrected chi connectivity index (χ0v) is 13.5. The summed E-state index contributed by atoms with van der Waals surface area (Å²) in [6.45, 7) is 3.25. The van der Waals surface area contributed by atoms with Gasteiger partial charge in [0.2, 0.25) is 0 Å². The number of rotatable bonds is 7. The van der Waals surface area contributed by atoms with Gasteiger partial charge in [-0.2, -0.15) is 0 Å². The van der Waals surface area contributed by atoms with Gasteiger partial charge in [0.15, 0.2) is 0 Å². The molecule has 1 heterocycles. The van der Waals surface area contributed by atoms with Crippen molar-refractivity contribution in [2.24, 2.45) is 0 Å². The van der Waals surface area contributed by atoms with E-state index in [0.29, 0.717) is 19.1 Å². The van der Waals surface area contributed by atoms with E-state index in [4.69, 9.17) is 32.7 Å². The van der Waals surface area contributed by atoms with Gasteiger partial charge in [-0.15, -0.1) is 22.9 Å². The summed E-state index contributed by atoms with van der Waals surface area (Å²) in [5, 5.41) is 0. The Morgan fingerprint density at radius 2 is 2.00 bits per heavy atom. The molecule has 0 spiro atoms. The number of thiophene rings is 1. The van der Waals surface area contributed by atoms with Crippen molar-refractivity contribution >= 4 is 34.5 Å². The fourth-order valence-electron chi connectivity index (χ4n) is 1.67. The molecule has 5 heteroatoms. The minimum absolute atomic E-state index is 0.411. The maximum Gasteiger partial charge on any atom is 0.127 e. The van der Waals surface area contributed by atoms with E-state index in [0.717, 1.165) is 32.7 Å². The van der Waals surface area contributed by atoms with Crippen LogP contribution in [-0.4, -0.2) is 6.61 Å². The molecule has 2 nitrogen and oxygen atoms in total. The summed E-state index contributed by atoms with van der Waals surface area (Å²) in [4.78, 5) is 1.08. The molecule has 20 heavy (non-hydrogen) atoms. The van der Waals surface area contributed by atoms with Gasteiger partial charge in [0.05, 0.1) is 16.8 Å². The zero-order valence-electron chi connectivity index (χ0n) is 11.2. The van der Waals surface area contributed by atoms with E-state index in [1.807, 2.05) is 30.3 Å². The highest BCUT2D eigenvalue weighted by atomic mass is 35.5. The molecule has 0 saturated heterocycles. The highest BCUT2D eigenvalue weighted by molar-refractivity contribution is 7.16. The van der Waals surface area contributed by atoms with E-state index in [9.17, 15) is 0 Å². The lowest BCUT2D eigenvalue weighted by atomic mass is 10.2. The predicted molar refractivity (Wildman–Crippen MR) is 85.4 cm³/mol. The second-order valence-electron chi connectivity index (χ2n) is 4.25. The maximum absolute atomic E-state index is 5.94. The predicted octanol–water partition coefficient (Wildman–Crippen LogP) is 5.51. The van der Waals surface area contributed by atoms with Crippen LogP contribution in [0.1, 0.15) is 23.8 Å². The Kier molecular flexibility index (Phi) is 6.02. The Morgan fingerprint density at radius 1 is 1.15 bits per heavy atom. The van der Waals surface area contributed by atoms with Crippen molar-refractivity contribution in [2.45, 2.75) is 25.8 Å². The minimum Gasteiger partial charge on any atom is -0.493 e. The quantitative estimate of drug-likeness (QED) is 0.623. The summed E-state index contributed by atoms with van der Waals surface area (Å²) in [7, 11) is 0. The molecule has 0 aliphatic heterocycles. The summed E-state index contributed by atoms with van der Waals surface area (Å²) in [5.41, 5.74) is 0.957. The van der Waals surface area contributed by atoms with Crippen molar-refractivity contribution in [3.05, 3.63) is 45.1 Å². The molecule has 0 fully saturated rings. The molecule has 0 radical (unpaired) electrons. The van der Waals surface area contributed by atoms with E-state index in [-0.39, 0.29) is 0 Å². The maximum atomic E-state index is 5.94. The van der Waals surface area contributed by atoms with Gasteiger partial charge in [0.25, 0.3) is 0 Å². The Balaban J connectivity index is 2.07. The van der Waals surface area contributed by atoms with Gasteiger partial charge in [0.1, 0.15) is 18.1 Å². The van der Waals surface area contributed by atoms with Crippen LogP contribution in [0, 0.1) is 0 Å². The van der Waals surface area contributed by atoms with E-state index < -0.39 is 0 Å². The molecule has 0 bridgehead atoms. The van der Waals surface area contributed by atoms with Crippen LogP contribution in [0.3, 0.4) is 0 Å². The molecular weight excluding hydrogens is 315 g/mol. The third kappa shape index (κ3) is 4.30. The fourth-order valence-corrected chi connectivity index (χ4v) is 2.89. The zero-order chi connectivity index (χ0) is 14.4. The SMILES string of the molecule is CCCOc1ccc(CCl)c(OCc2ccc(Cl)s2)c1. The average Bonchev–Trinajstić information content (AvgIpc) is 2.88. The van der Waals surface area contributed by atoms with Gasteiger partial charge in [-0.25, -0.2) is 0 Å². The Hall–Kier alpha value is -0.900. The number of hydrogen-bond acceptors (Lipinski definition) is 3. The fraction of sp³-hybridized carbons (Fsp3) is 0.333. The normalized spacial score (nSPS) is 10.6. The van der Waals surface area contributed by atoms with Gasteiger partial charge in [-0.1, -0.05) is 24.6 Å². The molecule has 1 aromatic carbocycles. The first kappa shape index (κ1) is 15.5. The van der Waals surface area contributed by atoms with E-state index in [2.05, 4.69) is 6.92 Å². The van der Waals surface area contributed by atoms with Crippen LogP contribution in [0.4, 0.5) is 0 Å². The molecule has 2 rings (SSSR count). The van der Waals surface area contributed by atoms with Gasteiger partial charge in [0, 0.05) is 16.5 Å². The van der Waals surface area contributed by atoms with Crippen LogP contribution in [0.2, 0.25) is 4.34 Å². The van der Waals surface area contributed by atoms with Crippen molar-refractivity contribution in [3.8, 4) is 11.5 Å². The summed E-state index contributed by atoms with van der Waals surface area (Å²) >= 11 is 13.4. The van der Waals surface area contributed by atoms with Gasteiger partial charge >= 0.3 is 0 Å². The molecule has 0 unspecified atom stereocenters. The molecule has 0 atom stereocenters. The third-order valence-corrected chi connectivity index (χ3v) is 4.15.